The van der Waals surface area contributed by atoms with E-state index in [2.05, 4.69) is 75.4 Å². The largest absolute Gasteiger partial charge is 0.462 e. The first kappa shape index (κ1) is 28.8. The predicted molar refractivity (Wildman–Crippen MR) is 153 cm³/mol. The molecule has 0 aromatic rings. The Labute approximate surface area is 224 Å². The van der Waals surface area contributed by atoms with E-state index in [1.54, 1.807) is 0 Å². The van der Waals surface area contributed by atoms with E-state index < -0.39 is 22.0 Å². The molecular formula is C30H56O4Si2. The fraction of sp³-hybridized carbons (Fsp3) is 0.967. The van der Waals surface area contributed by atoms with Gasteiger partial charge in [-0.15, -0.1) is 0 Å². The SMILES string of the molecule is CC[Si](CC)(CC)O[C@@H]1C[C@H](C)C[C@@H]2[C@@H]1C[C@H](O[Si](C)(C)C(C)(C)C)[C@H]1[C@@]2(C)C[C@@H]2C[C@@]1(C)C(=O)O2. The second-order valence-corrected chi connectivity index (χ2v) is 24.7. The third-order valence-corrected chi connectivity index (χ3v) is 21.2. The van der Waals surface area contributed by atoms with Crippen molar-refractivity contribution in [2.75, 3.05) is 0 Å². The van der Waals surface area contributed by atoms with E-state index in [4.69, 9.17) is 13.6 Å². The van der Waals surface area contributed by atoms with Crippen molar-refractivity contribution in [3.63, 3.8) is 0 Å². The molecule has 1 saturated heterocycles. The van der Waals surface area contributed by atoms with Crippen LogP contribution in [0.1, 0.15) is 94.4 Å². The van der Waals surface area contributed by atoms with E-state index in [9.17, 15) is 4.79 Å². The first-order valence-corrected chi connectivity index (χ1v) is 20.6. The van der Waals surface area contributed by atoms with Crippen LogP contribution in [0.25, 0.3) is 0 Å². The summed E-state index contributed by atoms with van der Waals surface area (Å²) in [6.07, 6.45) is 5.85. The Hall–Kier alpha value is -0.176. The molecule has 0 spiro atoms. The number of rotatable bonds is 7. The molecule has 4 nitrogen and oxygen atoms in total. The predicted octanol–water partition coefficient (Wildman–Crippen LogP) is 8.18. The van der Waals surface area contributed by atoms with Crippen molar-refractivity contribution in [1.29, 1.82) is 0 Å². The van der Waals surface area contributed by atoms with Gasteiger partial charge < -0.3 is 13.6 Å². The molecular weight excluding hydrogens is 480 g/mol. The summed E-state index contributed by atoms with van der Waals surface area (Å²) in [4.78, 5) is 13.4. The van der Waals surface area contributed by atoms with Crippen molar-refractivity contribution in [3.05, 3.63) is 0 Å². The monoisotopic (exact) mass is 536 g/mol. The maximum atomic E-state index is 13.4. The quantitative estimate of drug-likeness (QED) is 0.243. The Kier molecular flexibility index (Phi) is 7.59. The van der Waals surface area contributed by atoms with Gasteiger partial charge in [0, 0.05) is 24.5 Å². The van der Waals surface area contributed by atoms with Crippen LogP contribution in [-0.2, 0) is 18.4 Å². The van der Waals surface area contributed by atoms with Crippen LogP contribution in [0.2, 0.25) is 36.3 Å². The van der Waals surface area contributed by atoms with E-state index in [1.165, 1.54) is 31.0 Å². The number of fused-ring (bicyclic) bond motifs is 6. The van der Waals surface area contributed by atoms with E-state index in [0.29, 0.717) is 23.9 Å². The Balaban J connectivity index is 1.78. The van der Waals surface area contributed by atoms with Gasteiger partial charge in [-0.1, -0.05) is 55.4 Å². The molecule has 3 aliphatic carbocycles. The molecule has 3 saturated carbocycles. The molecule has 0 aromatic heterocycles. The second kappa shape index (κ2) is 9.48. The zero-order valence-corrected chi connectivity index (χ0v) is 27.3. The fourth-order valence-electron chi connectivity index (χ4n) is 8.96. The van der Waals surface area contributed by atoms with Crippen LogP contribution in [0, 0.1) is 34.5 Å². The van der Waals surface area contributed by atoms with Crippen LogP contribution in [0.3, 0.4) is 0 Å². The number of hydrogen-bond acceptors (Lipinski definition) is 4. The Morgan fingerprint density at radius 3 is 2.11 bits per heavy atom. The summed E-state index contributed by atoms with van der Waals surface area (Å²) in [7, 11) is -3.76. The molecule has 1 aliphatic heterocycles. The topological polar surface area (TPSA) is 44.8 Å². The third-order valence-electron chi connectivity index (χ3n) is 12.1. The fourth-order valence-corrected chi connectivity index (χ4v) is 13.2. The molecule has 1 heterocycles. The highest BCUT2D eigenvalue weighted by atomic mass is 28.4. The van der Waals surface area contributed by atoms with Gasteiger partial charge in [0.25, 0.3) is 0 Å². The lowest BCUT2D eigenvalue weighted by Gasteiger charge is -2.64. The van der Waals surface area contributed by atoms with Gasteiger partial charge in [0.05, 0.1) is 5.41 Å². The molecule has 0 amide bonds. The third kappa shape index (κ3) is 4.52. The van der Waals surface area contributed by atoms with Gasteiger partial charge in [0.2, 0.25) is 0 Å². The summed E-state index contributed by atoms with van der Waals surface area (Å²) >= 11 is 0. The van der Waals surface area contributed by atoms with E-state index in [1.807, 2.05) is 0 Å². The summed E-state index contributed by atoms with van der Waals surface area (Å²) in [6.45, 7) is 26.0. The first-order valence-electron chi connectivity index (χ1n) is 15.1. The van der Waals surface area contributed by atoms with Crippen molar-refractivity contribution >= 4 is 22.6 Å². The summed E-state index contributed by atoms with van der Waals surface area (Å²) in [5.41, 5.74) is -0.383. The summed E-state index contributed by atoms with van der Waals surface area (Å²) in [5.74, 6) is 2.01. The van der Waals surface area contributed by atoms with Gasteiger partial charge in [0.1, 0.15) is 6.10 Å². The molecule has 0 aromatic carbocycles. The molecule has 0 radical (unpaired) electrons. The van der Waals surface area contributed by atoms with Gasteiger partial charge in [0.15, 0.2) is 16.6 Å². The number of carbonyl (C=O) groups excluding carboxylic acids is 1. The number of hydrogen-bond donors (Lipinski definition) is 0. The highest BCUT2D eigenvalue weighted by Crippen LogP contribution is 2.68. The molecule has 2 bridgehead atoms. The highest BCUT2D eigenvalue weighted by molar-refractivity contribution is 6.74. The van der Waals surface area contributed by atoms with E-state index >= 15 is 0 Å². The van der Waals surface area contributed by atoms with Crippen molar-refractivity contribution in [2.45, 2.75) is 149 Å². The van der Waals surface area contributed by atoms with Gasteiger partial charge in [-0.25, -0.2) is 0 Å². The zero-order valence-electron chi connectivity index (χ0n) is 25.3. The smallest absolute Gasteiger partial charge is 0.312 e. The lowest BCUT2D eigenvalue weighted by atomic mass is 9.43. The molecule has 9 atom stereocenters. The lowest BCUT2D eigenvalue weighted by molar-refractivity contribution is -0.185. The van der Waals surface area contributed by atoms with Crippen LogP contribution in [0.4, 0.5) is 0 Å². The van der Waals surface area contributed by atoms with Gasteiger partial charge in [-0.2, -0.15) is 0 Å². The number of carbonyl (C=O) groups is 1. The summed E-state index contributed by atoms with van der Waals surface area (Å²) < 4.78 is 20.8. The van der Waals surface area contributed by atoms with E-state index in [-0.39, 0.29) is 34.5 Å². The average molecular weight is 537 g/mol. The minimum Gasteiger partial charge on any atom is -0.462 e. The van der Waals surface area contributed by atoms with Crippen LogP contribution in [0.5, 0.6) is 0 Å². The molecule has 4 fully saturated rings. The minimum absolute atomic E-state index is 0.0366. The van der Waals surface area contributed by atoms with Gasteiger partial charge in [-0.3, -0.25) is 4.79 Å². The maximum absolute atomic E-state index is 13.4. The Morgan fingerprint density at radius 2 is 1.56 bits per heavy atom. The van der Waals surface area contributed by atoms with Crippen molar-refractivity contribution in [2.24, 2.45) is 34.5 Å². The van der Waals surface area contributed by atoms with Crippen LogP contribution in [-0.4, -0.2) is 40.9 Å². The second-order valence-electron chi connectivity index (χ2n) is 15.2. The Morgan fingerprint density at radius 1 is 0.944 bits per heavy atom. The first-order chi connectivity index (χ1) is 16.6. The molecule has 208 valence electrons. The number of ether oxygens (including phenoxy) is 1. The van der Waals surface area contributed by atoms with Gasteiger partial charge >= 0.3 is 5.97 Å². The molecule has 0 unspecified atom stereocenters. The van der Waals surface area contributed by atoms with Crippen molar-refractivity contribution in [1.82, 2.24) is 0 Å². The summed E-state index contributed by atoms with van der Waals surface area (Å²) in [5, 5.41) is 0.139. The van der Waals surface area contributed by atoms with Crippen LogP contribution < -0.4 is 0 Å². The molecule has 6 heteroatoms. The molecule has 4 rings (SSSR count). The standard InChI is InChI=1S/C30H56O4Si2/c1-12-36(13-2,14-3)34-24-16-20(4)15-23-22(24)17-25(33-35(10,11)28(5,6)7)26-29(23,8)18-21-19-30(26,9)27(31)32-21/h20-26H,12-19H2,1-11H3/t20-,21-,22+,23-,24-,25+,26+,29+,30-/m1/s1. The van der Waals surface area contributed by atoms with Crippen LogP contribution in [0.15, 0.2) is 0 Å². The maximum Gasteiger partial charge on any atom is 0.312 e. The Bertz CT molecular complexity index is 825. The number of esters is 1. The normalized spacial score (nSPS) is 43.1. The molecule has 36 heavy (non-hydrogen) atoms. The average Bonchev–Trinajstić information content (AvgIpc) is 3.00. The molecule has 4 aliphatic rings. The van der Waals surface area contributed by atoms with Crippen LogP contribution >= 0.6 is 0 Å². The van der Waals surface area contributed by atoms with Crippen molar-refractivity contribution < 1.29 is 18.4 Å². The van der Waals surface area contributed by atoms with Gasteiger partial charge in [-0.05, 0) is 92.0 Å². The zero-order chi connectivity index (χ0) is 26.9. The lowest BCUT2D eigenvalue weighted by Crippen LogP contribution is -2.65. The summed E-state index contributed by atoms with van der Waals surface area (Å²) in [6, 6.07) is 3.61. The molecule has 0 N–H and O–H groups in total. The highest BCUT2D eigenvalue weighted by Gasteiger charge is 2.69. The van der Waals surface area contributed by atoms with Crippen molar-refractivity contribution in [3.8, 4) is 0 Å². The van der Waals surface area contributed by atoms with E-state index in [0.717, 1.165) is 19.3 Å². The minimum atomic E-state index is -2.03.